The van der Waals surface area contributed by atoms with E-state index in [9.17, 15) is 39.9 Å². The van der Waals surface area contributed by atoms with E-state index in [0.717, 1.165) is 6.92 Å². The van der Waals surface area contributed by atoms with E-state index in [-0.39, 0.29) is 16.9 Å². The number of allylic oxidation sites excluding steroid dienone is 1. The largest absolute Gasteiger partial charge is 0.508 e. The molecule has 1 aromatic carbocycles. The van der Waals surface area contributed by atoms with Gasteiger partial charge < -0.3 is 25.5 Å². The van der Waals surface area contributed by atoms with Crippen molar-refractivity contribution in [2.75, 3.05) is 0 Å². The maximum Gasteiger partial charge on any atom is 0.203 e. The fraction of sp³-hybridized carbons (Fsp3) is 0.519. The standard InChI is InChI=1S/C27H32O8/c1-10(2)18-20(30)16(13(5)28)22(32)27(35)23(33)19-21(31)17-14(29)9-8-11(3)15(17)12(4)25(19,6)24(34)26(18,27)7/h8-10,12,18,24,29,31-32,34-35H,1-7H3/t12-,18?,24-,25+,26+,27+/m1/s1. The van der Waals surface area contributed by atoms with Crippen molar-refractivity contribution in [3.8, 4) is 5.75 Å². The first kappa shape index (κ1) is 25.1. The highest BCUT2D eigenvalue weighted by Crippen LogP contribution is 2.67. The Balaban J connectivity index is 2.20. The third kappa shape index (κ3) is 2.56. The van der Waals surface area contributed by atoms with Gasteiger partial charge in [0.2, 0.25) is 5.78 Å². The van der Waals surface area contributed by atoms with Gasteiger partial charge in [0, 0.05) is 16.7 Å². The predicted molar refractivity (Wildman–Crippen MR) is 127 cm³/mol. The number of hydrogen-bond donors (Lipinski definition) is 5. The molecule has 5 N–H and O–H groups in total. The van der Waals surface area contributed by atoms with E-state index < -0.39 is 74.7 Å². The Morgan fingerprint density at radius 1 is 1.09 bits per heavy atom. The zero-order chi connectivity index (χ0) is 26.6. The van der Waals surface area contributed by atoms with Crippen LogP contribution >= 0.6 is 0 Å². The second kappa shape index (κ2) is 7.27. The number of rotatable bonds is 2. The Hall–Kier alpha value is -2.97. The molecule has 0 heterocycles. The molecule has 0 aromatic heterocycles. The summed E-state index contributed by atoms with van der Waals surface area (Å²) < 4.78 is 0. The normalized spacial score (nSPS) is 36.8. The third-order valence-electron chi connectivity index (χ3n) is 9.03. The van der Waals surface area contributed by atoms with Crippen LogP contribution in [-0.2, 0) is 14.4 Å². The van der Waals surface area contributed by atoms with Gasteiger partial charge in [-0.1, -0.05) is 40.7 Å². The van der Waals surface area contributed by atoms with Crippen molar-refractivity contribution in [3.05, 3.63) is 45.7 Å². The molecule has 0 bridgehead atoms. The first-order valence-corrected chi connectivity index (χ1v) is 11.7. The lowest BCUT2D eigenvalue weighted by molar-refractivity contribution is -0.215. The first-order valence-electron chi connectivity index (χ1n) is 11.7. The number of carbonyl (C=O) groups excluding carboxylic acids is 3. The molecule has 0 saturated heterocycles. The second-order valence-electron chi connectivity index (χ2n) is 11.0. The maximum atomic E-state index is 14.2. The minimum atomic E-state index is -2.87. The zero-order valence-corrected chi connectivity index (χ0v) is 20.9. The van der Waals surface area contributed by atoms with Gasteiger partial charge in [-0.25, -0.2) is 0 Å². The Morgan fingerprint density at radius 3 is 2.17 bits per heavy atom. The predicted octanol–water partition coefficient (Wildman–Crippen LogP) is 3.03. The van der Waals surface area contributed by atoms with Crippen LogP contribution in [0.15, 0.2) is 29.0 Å². The number of hydrogen-bond acceptors (Lipinski definition) is 8. The summed E-state index contributed by atoms with van der Waals surface area (Å²) >= 11 is 0. The van der Waals surface area contributed by atoms with Crippen LogP contribution in [0.4, 0.5) is 0 Å². The van der Waals surface area contributed by atoms with Crippen LogP contribution in [0, 0.1) is 29.6 Å². The SMILES string of the molecule is CC(=O)C1=C(O)[C@]2(O)C(=O)C3=C(O)c4c(O)ccc(C)c4[C@@H](C)[C@]3(C)[C@@H](O)[C@]2(C)C(C(C)C)C1=O. The molecule has 3 aliphatic carbocycles. The molecule has 0 amide bonds. The summed E-state index contributed by atoms with van der Waals surface area (Å²) in [5.41, 5.74) is -6.10. The summed E-state index contributed by atoms with van der Waals surface area (Å²) in [4.78, 5) is 40.1. The minimum absolute atomic E-state index is 0.0142. The number of aliphatic hydroxyl groups is 4. The van der Waals surface area contributed by atoms with Crippen LogP contribution in [0.2, 0.25) is 0 Å². The number of Topliss-reactive ketones (excluding diaryl/α,β-unsaturated/α-hetero) is 3. The zero-order valence-electron chi connectivity index (χ0n) is 20.9. The molecule has 0 radical (unpaired) electrons. The monoisotopic (exact) mass is 484 g/mol. The van der Waals surface area contributed by atoms with E-state index in [2.05, 4.69) is 0 Å². The molecule has 3 aliphatic rings. The fourth-order valence-electron chi connectivity index (χ4n) is 7.21. The van der Waals surface area contributed by atoms with Gasteiger partial charge in [0.15, 0.2) is 17.2 Å². The van der Waals surface area contributed by atoms with Crippen LogP contribution in [0.3, 0.4) is 0 Å². The summed E-state index contributed by atoms with van der Waals surface area (Å²) in [7, 11) is 0. The Labute approximate surface area is 203 Å². The lowest BCUT2D eigenvalue weighted by atomic mass is 9.40. The van der Waals surface area contributed by atoms with Crippen LogP contribution in [0.1, 0.15) is 64.2 Å². The van der Waals surface area contributed by atoms with E-state index in [4.69, 9.17) is 0 Å². The molecule has 8 nitrogen and oxygen atoms in total. The van der Waals surface area contributed by atoms with Crippen molar-refractivity contribution in [2.45, 2.75) is 66.1 Å². The highest BCUT2D eigenvalue weighted by atomic mass is 16.4. The van der Waals surface area contributed by atoms with Crippen molar-refractivity contribution in [2.24, 2.45) is 22.7 Å². The van der Waals surface area contributed by atoms with Crippen LogP contribution < -0.4 is 0 Å². The molecular formula is C27H32O8. The summed E-state index contributed by atoms with van der Waals surface area (Å²) in [6.45, 7) is 10.9. The van der Waals surface area contributed by atoms with Gasteiger partial charge >= 0.3 is 0 Å². The highest BCUT2D eigenvalue weighted by molar-refractivity contribution is 6.24. The number of phenols is 1. The summed E-state index contributed by atoms with van der Waals surface area (Å²) in [5, 5.41) is 57.2. The third-order valence-corrected chi connectivity index (χ3v) is 9.03. The van der Waals surface area contributed by atoms with E-state index >= 15 is 0 Å². The molecule has 35 heavy (non-hydrogen) atoms. The van der Waals surface area contributed by atoms with Gasteiger partial charge in [-0.15, -0.1) is 0 Å². The lowest BCUT2D eigenvalue weighted by Gasteiger charge is -2.63. The molecule has 1 aromatic rings. The smallest absolute Gasteiger partial charge is 0.203 e. The van der Waals surface area contributed by atoms with Gasteiger partial charge in [-0.05, 0) is 42.9 Å². The number of fused-ring (bicyclic) bond motifs is 3. The molecule has 8 heteroatoms. The van der Waals surface area contributed by atoms with Crippen molar-refractivity contribution < 1.29 is 39.9 Å². The molecule has 0 spiro atoms. The quantitative estimate of drug-likeness (QED) is 0.402. The van der Waals surface area contributed by atoms with Crippen molar-refractivity contribution >= 4 is 23.1 Å². The molecule has 1 unspecified atom stereocenters. The van der Waals surface area contributed by atoms with Gasteiger partial charge in [0.25, 0.3) is 0 Å². The van der Waals surface area contributed by atoms with Crippen molar-refractivity contribution in [1.29, 1.82) is 0 Å². The molecule has 1 saturated carbocycles. The Morgan fingerprint density at radius 2 is 1.66 bits per heavy atom. The first-order chi connectivity index (χ1) is 16.0. The molecule has 1 fully saturated rings. The highest BCUT2D eigenvalue weighted by Gasteiger charge is 2.77. The van der Waals surface area contributed by atoms with Gasteiger partial charge in [-0.2, -0.15) is 0 Å². The van der Waals surface area contributed by atoms with Crippen LogP contribution in [-0.4, -0.2) is 54.6 Å². The number of benzene rings is 1. The Kier molecular flexibility index (Phi) is 5.22. The molecule has 0 aliphatic heterocycles. The van der Waals surface area contributed by atoms with Crippen LogP contribution in [0.25, 0.3) is 5.76 Å². The number of aliphatic hydroxyl groups excluding tert-OH is 3. The summed E-state index contributed by atoms with van der Waals surface area (Å²) in [6, 6.07) is 3.04. The lowest BCUT2D eigenvalue weighted by Crippen LogP contribution is -2.75. The summed E-state index contributed by atoms with van der Waals surface area (Å²) in [6.07, 6.45) is -1.62. The molecule has 188 valence electrons. The summed E-state index contributed by atoms with van der Waals surface area (Å²) in [5.74, 6) is -7.05. The Bertz CT molecular complexity index is 1270. The molecular weight excluding hydrogens is 452 g/mol. The van der Waals surface area contributed by atoms with E-state index in [1.807, 2.05) is 0 Å². The van der Waals surface area contributed by atoms with Gasteiger partial charge in [0.1, 0.15) is 22.8 Å². The van der Waals surface area contributed by atoms with Crippen molar-refractivity contribution in [3.63, 3.8) is 0 Å². The minimum Gasteiger partial charge on any atom is -0.508 e. The number of ketones is 3. The molecule has 4 rings (SSSR count). The van der Waals surface area contributed by atoms with Crippen LogP contribution in [0.5, 0.6) is 5.75 Å². The fourth-order valence-corrected chi connectivity index (χ4v) is 7.21. The van der Waals surface area contributed by atoms with E-state index in [1.54, 1.807) is 40.7 Å². The number of aryl methyl sites for hydroxylation is 1. The number of aromatic hydroxyl groups is 1. The van der Waals surface area contributed by atoms with Crippen molar-refractivity contribution in [1.82, 2.24) is 0 Å². The number of carbonyl (C=O) groups is 3. The van der Waals surface area contributed by atoms with Gasteiger partial charge in [0.05, 0.1) is 17.2 Å². The average Bonchev–Trinajstić information content (AvgIpc) is 2.75. The topological polar surface area (TPSA) is 152 Å². The van der Waals surface area contributed by atoms with Gasteiger partial charge in [-0.3, -0.25) is 14.4 Å². The second-order valence-corrected chi connectivity index (χ2v) is 11.0. The molecule has 6 atom stereocenters. The maximum absolute atomic E-state index is 14.2. The number of phenolic OH excluding ortho intramolecular Hbond substituents is 1. The van der Waals surface area contributed by atoms with E-state index in [1.165, 1.54) is 13.0 Å². The average molecular weight is 485 g/mol. The van der Waals surface area contributed by atoms with E-state index in [0.29, 0.717) is 11.1 Å².